The fourth-order valence-electron chi connectivity index (χ4n) is 0.545. The van der Waals surface area contributed by atoms with Gasteiger partial charge in [-0.15, -0.1) is 12.4 Å². The fraction of sp³-hybridized carbons (Fsp3) is 0.625. The Hall–Kier alpha value is -0.500. The lowest BCUT2D eigenvalue weighted by Crippen LogP contribution is -2.03. The molecular weight excluding hydrogens is 164 g/mol. The Labute approximate surface area is 74.0 Å². The zero-order valence-corrected chi connectivity index (χ0v) is 7.65. The highest BCUT2D eigenvalue weighted by Gasteiger charge is 1.98. The zero-order valence-electron chi connectivity index (χ0n) is 6.84. The van der Waals surface area contributed by atoms with Gasteiger partial charge in [-0.05, 0) is 6.42 Å². The Kier molecular flexibility index (Phi) is 11.3. The van der Waals surface area contributed by atoms with Gasteiger partial charge in [-0.3, -0.25) is 4.79 Å². The van der Waals surface area contributed by atoms with E-state index in [-0.39, 0.29) is 18.4 Å². The first kappa shape index (κ1) is 13.1. The van der Waals surface area contributed by atoms with Crippen molar-refractivity contribution in [2.75, 3.05) is 6.61 Å². The van der Waals surface area contributed by atoms with E-state index in [9.17, 15) is 4.79 Å². The molecule has 0 aromatic heterocycles. The van der Waals surface area contributed by atoms with Gasteiger partial charge in [0.1, 0.15) is 6.61 Å². The molecule has 0 atom stereocenters. The number of hydrogen-bond donors (Lipinski definition) is 0. The predicted octanol–water partition coefficient (Wildman–Crippen LogP) is 2.33. The molecule has 0 amide bonds. The molecule has 0 fully saturated rings. The van der Waals surface area contributed by atoms with Crippen LogP contribution in [0.5, 0.6) is 0 Å². The zero-order chi connectivity index (χ0) is 7.82. The second-order valence-corrected chi connectivity index (χ2v) is 2.08. The summed E-state index contributed by atoms with van der Waals surface area (Å²) in [6.07, 6.45) is 4.05. The number of ether oxygens (including phenoxy) is 1. The molecule has 0 bridgehead atoms. The van der Waals surface area contributed by atoms with Crippen LogP contribution in [0.1, 0.15) is 26.2 Å². The van der Waals surface area contributed by atoms with Gasteiger partial charge in [0.2, 0.25) is 0 Å². The molecule has 0 radical (unpaired) electrons. The number of unbranched alkanes of at least 4 members (excludes halogenated alkanes) is 1. The van der Waals surface area contributed by atoms with Crippen molar-refractivity contribution in [3.05, 3.63) is 12.7 Å². The topological polar surface area (TPSA) is 26.3 Å². The fourth-order valence-corrected chi connectivity index (χ4v) is 0.545. The second-order valence-electron chi connectivity index (χ2n) is 2.08. The van der Waals surface area contributed by atoms with E-state index in [4.69, 9.17) is 4.74 Å². The van der Waals surface area contributed by atoms with Crippen molar-refractivity contribution in [1.82, 2.24) is 0 Å². The summed E-state index contributed by atoms with van der Waals surface area (Å²) in [5, 5.41) is 0. The van der Waals surface area contributed by atoms with Crippen LogP contribution in [0.15, 0.2) is 12.7 Å². The molecule has 2 nitrogen and oxygen atoms in total. The Morgan fingerprint density at radius 3 is 2.73 bits per heavy atom. The molecule has 0 saturated heterocycles. The smallest absolute Gasteiger partial charge is 0.306 e. The number of hydrogen-bond acceptors (Lipinski definition) is 2. The van der Waals surface area contributed by atoms with E-state index in [0.29, 0.717) is 13.0 Å². The summed E-state index contributed by atoms with van der Waals surface area (Å²) in [6, 6.07) is 0. The molecule has 0 unspecified atom stereocenters. The first-order chi connectivity index (χ1) is 4.81. The molecule has 0 aliphatic carbocycles. The molecule has 0 spiro atoms. The molecule has 0 aliphatic rings. The average Bonchev–Trinajstić information content (AvgIpc) is 1.97. The molecule has 0 aliphatic heterocycles. The average molecular weight is 179 g/mol. The highest BCUT2D eigenvalue weighted by atomic mass is 35.5. The van der Waals surface area contributed by atoms with Crippen LogP contribution in [0, 0.1) is 0 Å². The quantitative estimate of drug-likeness (QED) is 0.477. The van der Waals surface area contributed by atoms with Crippen LogP contribution >= 0.6 is 12.4 Å². The third kappa shape index (κ3) is 9.50. The van der Waals surface area contributed by atoms with Gasteiger partial charge < -0.3 is 4.74 Å². The maximum Gasteiger partial charge on any atom is 0.306 e. The maximum atomic E-state index is 10.7. The first-order valence-corrected chi connectivity index (χ1v) is 3.57. The highest BCUT2D eigenvalue weighted by Crippen LogP contribution is 1.95. The van der Waals surface area contributed by atoms with Crippen molar-refractivity contribution in [2.24, 2.45) is 0 Å². The van der Waals surface area contributed by atoms with E-state index in [1.54, 1.807) is 6.08 Å². The number of carbonyl (C=O) groups is 1. The summed E-state index contributed by atoms with van der Waals surface area (Å²) in [7, 11) is 0. The summed E-state index contributed by atoms with van der Waals surface area (Å²) in [6.45, 7) is 5.81. The molecule has 0 saturated carbocycles. The number of rotatable bonds is 5. The van der Waals surface area contributed by atoms with Crippen LogP contribution in [-0.2, 0) is 9.53 Å². The normalized spacial score (nSPS) is 8.09. The Morgan fingerprint density at radius 1 is 1.64 bits per heavy atom. The SMILES string of the molecule is C=CCOC(=O)CCCC.Cl. The Morgan fingerprint density at radius 2 is 2.27 bits per heavy atom. The van der Waals surface area contributed by atoms with Crippen molar-refractivity contribution >= 4 is 18.4 Å². The lowest BCUT2D eigenvalue weighted by molar-refractivity contribution is -0.142. The molecule has 0 heterocycles. The molecule has 66 valence electrons. The second kappa shape index (κ2) is 9.50. The van der Waals surface area contributed by atoms with Crippen LogP contribution in [0.3, 0.4) is 0 Å². The molecule has 0 aromatic carbocycles. The van der Waals surface area contributed by atoms with E-state index in [1.807, 2.05) is 6.92 Å². The van der Waals surface area contributed by atoms with Gasteiger partial charge in [0.05, 0.1) is 0 Å². The lowest BCUT2D eigenvalue weighted by Gasteiger charge is -1.98. The summed E-state index contributed by atoms with van der Waals surface area (Å²) in [5.41, 5.74) is 0. The minimum atomic E-state index is -0.123. The van der Waals surface area contributed by atoms with Gasteiger partial charge in [0, 0.05) is 6.42 Å². The third-order valence-corrected chi connectivity index (χ3v) is 1.10. The number of carbonyl (C=O) groups excluding carboxylic acids is 1. The molecule has 11 heavy (non-hydrogen) atoms. The van der Waals surface area contributed by atoms with Crippen LogP contribution in [0.4, 0.5) is 0 Å². The predicted molar refractivity (Wildman–Crippen MR) is 47.9 cm³/mol. The molecular formula is C8H15ClO2. The molecule has 0 rings (SSSR count). The van der Waals surface area contributed by atoms with Gasteiger partial charge in [-0.2, -0.15) is 0 Å². The summed E-state index contributed by atoms with van der Waals surface area (Å²) >= 11 is 0. The van der Waals surface area contributed by atoms with Crippen molar-refractivity contribution in [3.8, 4) is 0 Å². The van der Waals surface area contributed by atoms with Gasteiger partial charge in [0.15, 0.2) is 0 Å². The van der Waals surface area contributed by atoms with E-state index in [2.05, 4.69) is 6.58 Å². The van der Waals surface area contributed by atoms with Crippen molar-refractivity contribution in [2.45, 2.75) is 26.2 Å². The van der Waals surface area contributed by atoms with Crippen molar-refractivity contribution in [1.29, 1.82) is 0 Å². The van der Waals surface area contributed by atoms with Crippen LogP contribution in [-0.4, -0.2) is 12.6 Å². The van der Waals surface area contributed by atoms with Crippen molar-refractivity contribution in [3.63, 3.8) is 0 Å². The maximum absolute atomic E-state index is 10.7. The third-order valence-electron chi connectivity index (χ3n) is 1.10. The Balaban J connectivity index is 0. The van der Waals surface area contributed by atoms with E-state index < -0.39 is 0 Å². The van der Waals surface area contributed by atoms with Gasteiger partial charge in [0.25, 0.3) is 0 Å². The van der Waals surface area contributed by atoms with Gasteiger partial charge >= 0.3 is 5.97 Å². The summed E-state index contributed by atoms with van der Waals surface area (Å²) in [5.74, 6) is -0.123. The largest absolute Gasteiger partial charge is 0.461 e. The van der Waals surface area contributed by atoms with E-state index >= 15 is 0 Å². The minimum absolute atomic E-state index is 0. The minimum Gasteiger partial charge on any atom is -0.461 e. The van der Waals surface area contributed by atoms with Crippen LogP contribution < -0.4 is 0 Å². The number of esters is 1. The highest BCUT2D eigenvalue weighted by molar-refractivity contribution is 5.85. The van der Waals surface area contributed by atoms with Crippen molar-refractivity contribution < 1.29 is 9.53 Å². The summed E-state index contributed by atoms with van der Waals surface area (Å²) < 4.78 is 4.74. The molecule has 0 aromatic rings. The molecule has 0 N–H and O–H groups in total. The van der Waals surface area contributed by atoms with E-state index in [1.165, 1.54) is 0 Å². The van der Waals surface area contributed by atoms with Gasteiger partial charge in [-0.25, -0.2) is 0 Å². The van der Waals surface area contributed by atoms with Crippen LogP contribution in [0.2, 0.25) is 0 Å². The monoisotopic (exact) mass is 178 g/mol. The van der Waals surface area contributed by atoms with Gasteiger partial charge in [-0.1, -0.05) is 26.0 Å². The van der Waals surface area contributed by atoms with E-state index in [0.717, 1.165) is 12.8 Å². The summed E-state index contributed by atoms with van der Waals surface area (Å²) in [4.78, 5) is 10.7. The number of halogens is 1. The standard InChI is InChI=1S/C8H14O2.ClH/c1-3-5-6-8(9)10-7-4-2;/h4H,2-3,5-7H2,1H3;1H. The lowest BCUT2D eigenvalue weighted by atomic mass is 10.2. The van der Waals surface area contributed by atoms with Crippen LogP contribution in [0.25, 0.3) is 0 Å². The molecule has 3 heteroatoms. The Bertz CT molecular complexity index is 113. The first-order valence-electron chi connectivity index (χ1n) is 3.57.